The van der Waals surface area contributed by atoms with Gasteiger partial charge < -0.3 is 0 Å². The normalized spacial score (nSPS) is 11.5. The summed E-state index contributed by atoms with van der Waals surface area (Å²) in [4.78, 5) is 10.4. The van der Waals surface area contributed by atoms with Crippen molar-refractivity contribution in [2.24, 2.45) is 0 Å². The average molecular weight is 650 g/mol. The predicted molar refractivity (Wildman–Crippen MR) is 213 cm³/mol. The fourth-order valence-corrected chi connectivity index (χ4v) is 7.41. The van der Waals surface area contributed by atoms with Crippen LogP contribution in [0.1, 0.15) is 0 Å². The average Bonchev–Trinajstić information content (AvgIpc) is 3.60. The summed E-state index contributed by atoms with van der Waals surface area (Å²) in [5.41, 5.74) is 10.5. The van der Waals surface area contributed by atoms with Crippen LogP contribution in [0.4, 0.5) is 0 Å². The monoisotopic (exact) mass is 649 g/mol. The second-order valence-electron chi connectivity index (χ2n) is 13.1. The smallest absolute Gasteiger partial charge is 0.145 e. The first-order chi connectivity index (χ1) is 25.2. The van der Waals surface area contributed by atoms with Crippen LogP contribution in [0.2, 0.25) is 0 Å². The minimum atomic E-state index is 0.870. The van der Waals surface area contributed by atoms with E-state index in [1.807, 2.05) is 6.20 Å². The van der Waals surface area contributed by atoms with E-state index in [0.717, 1.165) is 50.5 Å². The van der Waals surface area contributed by atoms with E-state index >= 15 is 0 Å². The van der Waals surface area contributed by atoms with Gasteiger partial charge in [-0.2, -0.15) is 0 Å². The molecule has 8 aromatic carbocycles. The quantitative estimate of drug-likeness (QED) is 0.186. The Labute approximate surface area is 295 Å². The molecule has 0 radical (unpaired) electrons. The van der Waals surface area contributed by atoms with E-state index in [1.54, 1.807) is 0 Å². The van der Waals surface area contributed by atoms with E-state index < -0.39 is 0 Å². The molecule has 2 heterocycles. The number of benzene rings is 8. The van der Waals surface area contributed by atoms with Gasteiger partial charge in [0.1, 0.15) is 11.3 Å². The van der Waals surface area contributed by atoms with Crippen molar-refractivity contribution in [3.8, 4) is 50.6 Å². The number of pyridine rings is 1. The second-order valence-corrected chi connectivity index (χ2v) is 13.1. The lowest BCUT2D eigenvalue weighted by atomic mass is 9.93. The Morgan fingerprint density at radius 3 is 1.39 bits per heavy atom. The van der Waals surface area contributed by atoms with Crippen LogP contribution < -0.4 is 0 Å². The van der Waals surface area contributed by atoms with E-state index in [2.05, 4.69) is 187 Å². The Hall–Kier alpha value is -6.84. The van der Waals surface area contributed by atoms with Crippen molar-refractivity contribution in [1.82, 2.24) is 14.5 Å². The van der Waals surface area contributed by atoms with Gasteiger partial charge in [-0.1, -0.05) is 127 Å². The first-order valence-electron chi connectivity index (χ1n) is 17.3. The Kier molecular flexibility index (Phi) is 6.81. The zero-order valence-electron chi connectivity index (χ0n) is 27.7. The highest BCUT2D eigenvalue weighted by Gasteiger charge is 2.20. The van der Waals surface area contributed by atoms with Crippen molar-refractivity contribution >= 4 is 43.4 Å². The number of rotatable bonds is 5. The summed E-state index contributed by atoms with van der Waals surface area (Å²) in [5, 5.41) is 7.28. The van der Waals surface area contributed by atoms with Crippen LogP contribution in [-0.2, 0) is 0 Å². The topological polar surface area (TPSA) is 30.7 Å². The first-order valence-corrected chi connectivity index (χ1v) is 17.3. The molecular formula is C48H31N3. The Balaban J connectivity index is 1.24. The summed E-state index contributed by atoms with van der Waals surface area (Å²) in [5.74, 6) is 0.871. The van der Waals surface area contributed by atoms with Crippen molar-refractivity contribution in [3.05, 3.63) is 188 Å². The summed E-state index contributed by atoms with van der Waals surface area (Å²) in [6.45, 7) is 0. The van der Waals surface area contributed by atoms with Gasteiger partial charge in [0.15, 0.2) is 0 Å². The summed E-state index contributed by atoms with van der Waals surface area (Å²) < 4.78 is 2.28. The van der Waals surface area contributed by atoms with Gasteiger partial charge in [-0.25, -0.2) is 4.98 Å². The molecule has 0 unspecified atom stereocenters. The molecule has 0 spiro atoms. The number of nitrogens with zero attached hydrogens (tertiary/aromatic N) is 3. The van der Waals surface area contributed by atoms with Crippen LogP contribution in [-0.4, -0.2) is 14.5 Å². The molecule has 10 rings (SSSR count). The number of fused-ring (bicyclic) bond motifs is 4. The van der Waals surface area contributed by atoms with Gasteiger partial charge in [-0.3, -0.25) is 9.55 Å². The third-order valence-electron chi connectivity index (χ3n) is 9.97. The lowest BCUT2D eigenvalue weighted by Crippen LogP contribution is -1.98. The van der Waals surface area contributed by atoms with Gasteiger partial charge >= 0.3 is 0 Å². The molecule has 0 atom stereocenters. The molecule has 238 valence electrons. The molecule has 0 saturated heterocycles. The molecule has 3 heteroatoms. The second kappa shape index (κ2) is 11.9. The fraction of sp³-hybridized carbons (Fsp3) is 0. The van der Waals surface area contributed by atoms with Crippen LogP contribution in [0.3, 0.4) is 0 Å². The lowest BCUT2D eigenvalue weighted by Gasteiger charge is -2.14. The third kappa shape index (κ3) is 5.15. The highest BCUT2D eigenvalue weighted by atomic mass is 15.1. The third-order valence-corrected chi connectivity index (χ3v) is 9.97. The van der Waals surface area contributed by atoms with Crippen molar-refractivity contribution in [3.63, 3.8) is 0 Å². The number of imidazole rings is 1. The molecule has 0 N–H and O–H groups in total. The number of hydrogen-bond acceptors (Lipinski definition) is 2. The SMILES string of the molecule is c1ccc(-n2c(-c3cc(-c4ccc5ccccc5c4)cc(-c4ccc5ccccc5c4)c3)nc3c(-c4ccc5ccccc5c4)nccc32)cc1. The fourth-order valence-electron chi connectivity index (χ4n) is 7.41. The maximum absolute atomic E-state index is 5.49. The molecule has 0 fully saturated rings. The lowest BCUT2D eigenvalue weighted by molar-refractivity contribution is 1.10. The van der Waals surface area contributed by atoms with Gasteiger partial charge in [0.25, 0.3) is 0 Å². The molecule has 10 aromatic rings. The van der Waals surface area contributed by atoms with E-state index in [0.29, 0.717) is 0 Å². The maximum atomic E-state index is 5.49. The van der Waals surface area contributed by atoms with Crippen molar-refractivity contribution in [2.75, 3.05) is 0 Å². The summed E-state index contributed by atoms with van der Waals surface area (Å²) in [6.07, 6.45) is 1.91. The maximum Gasteiger partial charge on any atom is 0.145 e. The number of hydrogen-bond donors (Lipinski definition) is 0. The summed E-state index contributed by atoms with van der Waals surface area (Å²) >= 11 is 0. The van der Waals surface area contributed by atoms with Gasteiger partial charge in [-0.15, -0.1) is 0 Å². The molecule has 2 aromatic heterocycles. The van der Waals surface area contributed by atoms with Gasteiger partial charge in [0.05, 0.1) is 11.2 Å². The highest BCUT2D eigenvalue weighted by Crippen LogP contribution is 2.38. The molecule has 0 aliphatic carbocycles. The molecule has 3 nitrogen and oxygen atoms in total. The predicted octanol–water partition coefficient (Wildman–Crippen LogP) is 12.5. The van der Waals surface area contributed by atoms with Crippen LogP contribution in [0, 0.1) is 0 Å². The number of para-hydroxylation sites is 1. The van der Waals surface area contributed by atoms with Crippen LogP contribution >= 0.6 is 0 Å². The molecule has 51 heavy (non-hydrogen) atoms. The van der Waals surface area contributed by atoms with E-state index in [-0.39, 0.29) is 0 Å². The highest BCUT2D eigenvalue weighted by molar-refractivity contribution is 5.97. The van der Waals surface area contributed by atoms with Gasteiger partial charge in [-0.05, 0) is 109 Å². The molecule has 0 saturated carbocycles. The van der Waals surface area contributed by atoms with Gasteiger partial charge in [0, 0.05) is 23.0 Å². The summed E-state index contributed by atoms with van der Waals surface area (Å²) in [7, 11) is 0. The van der Waals surface area contributed by atoms with Crippen LogP contribution in [0.25, 0.3) is 93.9 Å². The minimum absolute atomic E-state index is 0.870. The molecular weight excluding hydrogens is 619 g/mol. The largest absolute Gasteiger partial charge is 0.292 e. The van der Waals surface area contributed by atoms with Crippen LogP contribution in [0.5, 0.6) is 0 Å². The minimum Gasteiger partial charge on any atom is -0.292 e. The Morgan fingerprint density at radius 2 is 0.824 bits per heavy atom. The Bertz CT molecular complexity index is 2820. The van der Waals surface area contributed by atoms with Crippen molar-refractivity contribution in [2.45, 2.75) is 0 Å². The Morgan fingerprint density at radius 1 is 0.353 bits per heavy atom. The van der Waals surface area contributed by atoms with Gasteiger partial charge in [0.2, 0.25) is 0 Å². The zero-order valence-corrected chi connectivity index (χ0v) is 27.7. The van der Waals surface area contributed by atoms with E-state index in [1.165, 1.54) is 43.4 Å². The number of aromatic nitrogens is 3. The van der Waals surface area contributed by atoms with Crippen LogP contribution in [0.15, 0.2) is 188 Å². The van der Waals surface area contributed by atoms with E-state index in [4.69, 9.17) is 9.97 Å². The van der Waals surface area contributed by atoms with Crippen molar-refractivity contribution < 1.29 is 0 Å². The molecule has 0 aliphatic heterocycles. The molecule has 0 aliphatic rings. The first kappa shape index (κ1) is 29.1. The van der Waals surface area contributed by atoms with E-state index in [9.17, 15) is 0 Å². The molecule has 0 bridgehead atoms. The summed E-state index contributed by atoms with van der Waals surface area (Å²) in [6, 6.07) is 65.1. The standard InChI is InChI=1S/C48H31N3/c1-2-16-44(17-3-1)51-45-24-25-49-46(40-23-20-34-12-6-9-15-37(34)28-40)47(45)50-48(51)43-30-41(38-21-18-32-10-4-7-13-35(32)26-38)29-42(31-43)39-22-19-33-11-5-8-14-36(33)27-39/h1-31H. The zero-order chi connectivity index (χ0) is 33.7. The van der Waals surface area contributed by atoms with Crippen molar-refractivity contribution in [1.29, 1.82) is 0 Å². The molecule has 0 amide bonds.